The summed E-state index contributed by atoms with van der Waals surface area (Å²) in [7, 11) is 0.628. The second kappa shape index (κ2) is 15.6. The Bertz CT molecular complexity index is 55.8. The molecule has 0 aliphatic carbocycles. The molecule has 0 unspecified atom stereocenters. The summed E-state index contributed by atoms with van der Waals surface area (Å²) in [5.41, 5.74) is 0. The monoisotopic (exact) mass is 358 g/mol. The number of rotatable bonds is 0. The van der Waals surface area contributed by atoms with Crippen molar-refractivity contribution >= 4 is 40.0 Å². The summed E-state index contributed by atoms with van der Waals surface area (Å²) in [4.78, 5) is 0. The van der Waals surface area contributed by atoms with Gasteiger partial charge in [-0.05, 0) is 0 Å². The minimum atomic E-state index is 0.628. The predicted octanol–water partition coefficient (Wildman–Crippen LogP) is 2.61. The average molecular weight is 358 g/mol. The molecule has 0 nitrogen and oxygen atoms in total. The van der Waals surface area contributed by atoms with Crippen molar-refractivity contribution in [2.24, 2.45) is 0 Å². The van der Waals surface area contributed by atoms with Gasteiger partial charge in [0.15, 0.2) is 0 Å². The molecule has 0 saturated carbocycles. The van der Waals surface area contributed by atoms with Crippen molar-refractivity contribution in [3.05, 3.63) is 6.92 Å². The van der Waals surface area contributed by atoms with Gasteiger partial charge in [-0.1, -0.05) is 6.92 Å². The van der Waals surface area contributed by atoms with Crippen LogP contribution in [0.15, 0.2) is 0 Å². The molecule has 0 saturated heterocycles. The Morgan fingerprint density at radius 2 is 1.71 bits per heavy atom. The third kappa shape index (κ3) is 36.6. The van der Waals surface area contributed by atoms with E-state index in [1.807, 2.05) is 0 Å². The van der Waals surface area contributed by atoms with E-state index >= 15 is 0 Å². The van der Waals surface area contributed by atoms with Gasteiger partial charge >= 0.3 is 49.4 Å². The zero-order chi connectivity index (χ0) is 6.12. The molecule has 0 aliphatic heterocycles. The van der Waals surface area contributed by atoms with Gasteiger partial charge in [-0.3, -0.25) is 5.92 Å². The molecule has 0 aromatic heterocycles. The summed E-state index contributed by atoms with van der Waals surface area (Å²) in [6.45, 7) is 5.00. The number of hydrogen-bond donors (Lipinski definition) is 0. The van der Waals surface area contributed by atoms with Crippen LogP contribution in [0.25, 0.3) is 0 Å². The first kappa shape index (κ1) is 11.3. The molecule has 0 heterocycles. The summed E-state index contributed by atoms with van der Waals surface area (Å²) in [6, 6.07) is 0. The Balaban J connectivity index is 0. The van der Waals surface area contributed by atoms with Crippen LogP contribution in [0, 0.1) is 18.8 Å². The summed E-state index contributed by atoms with van der Waals surface area (Å²) in [5.74, 6) is 5.00. The fraction of sp³-hybridized carbons (Fsp3) is 0.250. The Kier molecular flexibility index (Phi) is 25.3. The van der Waals surface area contributed by atoms with E-state index in [4.69, 9.17) is 0 Å². The van der Waals surface area contributed by atoms with Crippen LogP contribution < -0.4 is 0 Å². The van der Waals surface area contributed by atoms with Crippen LogP contribution >= 0.6 is 40.0 Å². The molecule has 0 radical (unpaired) electrons. The Hall–Kier alpha value is 1.47. The van der Waals surface area contributed by atoms with Gasteiger partial charge in [0.25, 0.3) is 0 Å². The maximum absolute atomic E-state index is 3.24. The van der Waals surface area contributed by atoms with Crippen molar-refractivity contribution in [3.8, 4) is 11.8 Å². The Morgan fingerprint density at radius 3 is 1.71 bits per heavy atom. The van der Waals surface area contributed by atoms with Crippen LogP contribution in [-0.2, 0) is 9.47 Å². The van der Waals surface area contributed by atoms with Crippen molar-refractivity contribution < 1.29 is 9.47 Å². The molecule has 0 fully saturated rings. The van der Waals surface area contributed by atoms with E-state index in [0.29, 0.717) is 9.47 Å². The van der Waals surface area contributed by atoms with Gasteiger partial charge in [-0.25, -0.2) is 0 Å². The number of halogens is 2. The fourth-order valence-corrected chi connectivity index (χ4v) is 0. The molecule has 0 atom stereocenters. The van der Waals surface area contributed by atoms with E-state index < -0.39 is 0 Å². The van der Waals surface area contributed by atoms with Crippen molar-refractivity contribution in [1.29, 1.82) is 0 Å². The summed E-state index contributed by atoms with van der Waals surface area (Å²) in [5, 5.41) is 0. The van der Waals surface area contributed by atoms with Gasteiger partial charge in [0, 0.05) is 0 Å². The van der Waals surface area contributed by atoms with Gasteiger partial charge < -0.3 is 5.92 Å². The van der Waals surface area contributed by atoms with Crippen LogP contribution in [0.3, 0.4) is 0 Å². The van der Waals surface area contributed by atoms with E-state index in [9.17, 15) is 0 Å². The molecule has 0 amide bonds. The van der Waals surface area contributed by atoms with E-state index in [1.54, 1.807) is 6.92 Å². The maximum atomic E-state index is 3.24. The predicted molar refractivity (Wildman–Crippen MR) is 46.8 cm³/mol. The summed E-state index contributed by atoms with van der Waals surface area (Å²) >= 11 is 4.74. The molecule has 41 valence electrons. The molecular weight excluding hydrogens is 353 g/mol. The molecule has 7 heavy (non-hydrogen) atoms. The topological polar surface area (TPSA) is 0 Å². The van der Waals surface area contributed by atoms with Crippen LogP contribution in [0.4, 0.5) is 0 Å². The zero-order valence-electron chi connectivity index (χ0n) is 3.91. The first-order valence-corrected chi connectivity index (χ1v) is 10.5. The Labute approximate surface area is 74.0 Å². The molecule has 0 spiro atoms. The second-order valence-electron chi connectivity index (χ2n) is 0.491. The zero-order valence-corrected chi connectivity index (χ0v) is 9.62. The molecule has 0 N–H and O–H groups in total. The Morgan fingerprint density at radius 1 is 1.57 bits per heavy atom. The molecular formula is C4H5I2V-. The van der Waals surface area contributed by atoms with Crippen molar-refractivity contribution in [2.45, 2.75) is 6.92 Å². The first-order valence-electron chi connectivity index (χ1n) is 1.44. The summed E-state index contributed by atoms with van der Waals surface area (Å²) < 4.78 is 0. The van der Waals surface area contributed by atoms with Gasteiger partial charge in [-0.15, -0.1) is 0 Å². The van der Waals surface area contributed by atoms with E-state index in [1.165, 1.54) is 0 Å². The third-order valence-electron chi connectivity index (χ3n) is 0.177. The van der Waals surface area contributed by atoms with Crippen LogP contribution in [0.2, 0.25) is 0 Å². The van der Waals surface area contributed by atoms with E-state index in [2.05, 4.69) is 58.7 Å². The molecule has 0 aromatic carbocycles. The van der Waals surface area contributed by atoms with Gasteiger partial charge in [0.2, 0.25) is 0 Å². The van der Waals surface area contributed by atoms with Crippen molar-refractivity contribution in [1.82, 2.24) is 0 Å². The van der Waals surface area contributed by atoms with Gasteiger partial charge in [0.05, 0.1) is 0 Å². The normalized spacial score (nSPS) is 3.86. The second-order valence-corrected chi connectivity index (χ2v) is 12.3. The quantitative estimate of drug-likeness (QED) is 0.355. The molecule has 0 aromatic rings. The fourth-order valence-electron chi connectivity index (χ4n) is 0. The molecule has 3 heteroatoms. The molecule has 0 aliphatic rings. The number of hydrogen-bond acceptors (Lipinski definition) is 0. The summed E-state index contributed by atoms with van der Waals surface area (Å²) in [6.07, 6.45) is 0. The van der Waals surface area contributed by atoms with Crippen LogP contribution in [0.1, 0.15) is 6.92 Å². The standard InChI is InChI=1S/C4H5.2HI.V/c1-3-4-2;;;/h1H2,2H3;2*1H;/q-1;;;+2/p-2. The van der Waals surface area contributed by atoms with Crippen molar-refractivity contribution in [2.75, 3.05) is 0 Å². The molecule has 0 bridgehead atoms. The first-order chi connectivity index (χ1) is 3.33. The van der Waals surface area contributed by atoms with E-state index in [-0.39, 0.29) is 0 Å². The average Bonchev–Trinajstić information content (AvgIpc) is 1.69. The van der Waals surface area contributed by atoms with E-state index in [0.717, 1.165) is 0 Å². The molecule has 0 rings (SSSR count). The van der Waals surface area contributed by atoms with Gasteiger partial charge in [-0.2, -0.15) is 6.92 Å². The van der Waals surface area contributed by atoms with Crippen LogP contribution in [-0.4, -0.2) is 0 Å². The van der Waals surface area contributed by atoms with Crippen molar-refractivity contribution in [3.63, 3.8) is 0 Å². The third-order valence-corrected chi connectivity index (χ3v) is 0.177. The minimum absolute atomic E-state index is 0.628. The van der Waals surface area contributed by atoms with Crippen LogP contribution in [0.5, 0.6) is 0 Å². The van der Waals surface area contributed by atoms with Gasteiger partial charge in [0.1, 0.15) is 0 Å². The SMILES string of the molecule is [CH2-]C#CC.[I][V][I].